The molecule has 0 bridgehead atoms. The van der Waals surface area contributed by atoms with Crippen molar-refractivity contribution in [3.05, 3.63) is 35.4 Å². The fourth-order valence-electron chi connectivity index (χ4n) is 3.04. The van der Waals surface area contributed by atoms with Crippen LogP contribution in [0.1, 0.15) is 41.6 Å². The summed E-state index contributed by atoms with van der Waals surface area (Å²) in [4.78, 5) is 23.6. The van der Waals surface area contributed by atoms with Crippen LogP contribution in [-0.4, -0.2) is 11.6 Å². The van der Waals surface area contributed by atoms with Crippen molar-refractivity contribution >= 4 is 11.6 Å². The van der Waals surface area contributed by atoms with Crippen LogP contribution in [-0.2, 0) is 11.2 Å². The molecule has 0 aromatic heterocycles. The van der Waals surface area contributed by atoms with Crippen molar-refractivity contribution in [2.45, 2.75) is 32.1 Å². The molecule has 1 aromatic carbocycles. The molecule has 1 aromatic rings. The lowest BCUT2D eigenvalue weighted by atomic mass is 9.71. The van der Waals surface area contributed by atoms with Crippen LogP contribution < -0.4 is 0 Å². The summed E-state index contributed by atoms with van der Waals surface area (Å²) in [5.74, 6) is 0.588. The molecule has 1 fully saturated rings. The second kappa shape index (κ2) is 3.27. The third-order valence-electron chi connectivity index (χ3n) is 4.04. The Bertz CT molecular complexity index is 463. The van der Waals surface area contributed by atoms with Gasteiger partial charge in [-0.2, -0.15) is 0 Å². The molecule has 0 unspecified atom stereocenters. The number of fused-ring (bicyclic) bond motifs is 1. The summed E-state index contributed by atoms with van der Waals surface area (Å²) in [5, 5.41) is 0. The summed E-state index contributed by atoms with van der Waals surface area (Å²) in [5.41, 5.74) is 1.82. The van der Waals surface area contributed by atoms with Gasteiger partial charge in [0.2, 0.25) is 0 Å². The lowest BCUT2D eigenvalue weighted by molar-refractivity contribution is -0.121. The highest BCUT2D eigenvalue weighted by Crippen LogP contribution is 2.46. The zero-order valence-electron chi connectivity index (χ0n) is 9.16. The SMILES string of the molecule is O=C1CCC2(CC1)Cc1ccccc1C2=O. The predicted molar refractivity (Wildman–Crippen MR) is 60.4 cm³/mol. The minimum absolute atomic E-state index is 0.238. The molecule has 0 saturated heterocycles. The van der Waals surface area contributed by atoms with E-state index in [0.29, 0.717) is 18.6 Å². The Morgan fingerprint density at radius 1 is 1.00 bits per heavy atom. The van der Waals surface area contributed by atoms with Gasteiger partial charge in [-0.3, -0.25) is 9.59 Å². The minimum atomic E-state index is -0.238. The van der Waals surface area contributed by atoms with E-state index in [1.807, 2.05) is 24.3 Å². The van der Waals surface area contributed by atoms with Gasteiger partial charge in [-0.15, -0.1) is 0 Å². The third kappa shape index (κ3) is 1.26. The summed E-state index contributed by atoms with van der Waals surface area (Å²) < 4.78 is 0. The van der Waals surface area contributed by atoms with Gasteiger partial charge in [0.1, 0.15) is 5.78 Å². The van der Waals surface area contributed by atoms with E-state index in [9.17, 15) is 9.59 Å². The Morgan fingerprint density at radius 3 is 2.38 bits per heavy atom. The van der Waals surface area contributed by atoms with Gasteiger partial charge in [0.25, 0.3) is 0 Å². The molecule has 0 heterocycles. The molecule has 1 saturated carbocycles. The summed E-state index contributed by atoms with van der Waals surface area (Å²) in [6.45, 7) is 0. The maximum absolute atomic E-state index is 12.4. The monoisotopic (exact) mass is 214 g/mol. The second-order valence-corrected chi connectivity index (χ2v) is 4.98. The maximum Gasteiger partial charge on any atom is 0.169 e. The zero-order chi connectivity index (χ0) is 11.2. The van der Waals surface area contributed by atoms with Gasteiger partial charge in [0.15, 0.2) is 5.78 Å². The molecule has 2 nitrogen and oxygen atoms in total. The number of rotatable bonds is 0. The van der Waals surface area contributed by atoms with E-state index in [1.165, 1.54) is 5.56 Å². The highest BCUT2D eigenvalue weighted by Gasteiger charge is 2.46. The number of benzene rings is 1. The highest BCUT2D eigenvalue weighted by atomic mass is 16.1. The van der Waals surface area contributed by atoms with Gasteiger partial charge in [0, 0.05) is 23.8 Å². The van der Waals surface area contributed by atoms with Crippen molar-refractivity contribution in [1.29, 1.82) is 0 Å². The van der Waals surface area contributed by atoms with Gasteiger partial charge in [0.05, 0.1) is 0 Å². The average molecular weight is 214 g/mol. The molecule has 0 amide bonds. The number of ketones is 2. The fraction of sp³-hybridized carbons (Fsp3) is 0.429. The maximum atomic E-state index is 12.4. The predicted octanol–water partition coefficient (Wildman–Crippen LogP) is 2.55. The smallest absolute Gasteiger partial charge is 0.169 e. The van der Waals surface area contributed by atoms with Crippen LogP contribution >= 0.6 is 0 Å². The standard InChI is InChI=1S/C14H14O2/c15-11-5-7-14(8-6-11)9-10-3-1-2-4-12(10)13(14)16/h1-4H,5-9H2. The van der Waals surface area contributed by atoms with E-state index in [1.54, 1.807) is 0 Å². The Morgan fingerprint density at radius 2 is 1.69 bits per heavy atom. The van der Waals surface area contributed by atoms with Crippen LogP contribution in [0.5, 0.6) is 0 Å². The first-order valence-corrected chi connectivity index (χ1v) is 5.86. The molecule has 2 aliphatic rings. The zero-order valence-corrected chi connectivity index (χ0v) is 9.16. The van der Waals surface area contributed by atoms with Crippen LogP contribution in [0.15, 0.2) is 24.3 Å². The van der Waals surface area contributed by atoms with Gasteiger partial charge < -0.3 is 0 Å². The number of Topliss-reactive ketones (excluding diaryl/α,β-unsaturated/α-hetero) is 2. The van der Waals surface area contributed by atoms with Crippen LogP contribution in [0.3, 0.4) is 0 Å². The third-order valence-corrected chi connectivity index (χ3v) is 4.04. The largest absolute Gasteiger partial charge is 0.300 e. The quantitative estimate of drug-likeness (QED) is 0.665. The normalized spacial score (nSPS) is 22.5. The Hall–Kier alpha value is -1.44. The summed E-state index contributed by atoms with van der Waals surface area (Å²) in [6.07, 6.45) is 3.51. The molecule has 1 spiro atoms. The van der Waals surface area contributed by atoms with Crippen LogP contribution in [0.2, 0.25) is 0 Å². The van der Waals surface area contributed by atoms with Crippen LogP contribution in [0.4, 0.5) is 0 Å². The molecule has 0 aliphatic heterocycles. The lowest BCUT2D eigenvalue weighted by Gasteiger charge is -2.30. The molecule has 2 heteroatoms. The summed E-state index contributed by atoms with van der Waals surface area (Å²) >= 11 is 0. The van der Waals surface area contributed by atoms with E-state index in [2.05, 4.69) is 0 Å². The van der Waals surface area contributed by atoms with Crippen molar-refractivity contribution < 1.29 is 9.59 Å². The van der Waals surface area contributed by atoms with Gasteiger partial charge in [-0.05, 0) is 24.8 Å². The van der Waals surface area contributed by atoms with Gasteiger partial charge in [-0.25, -0.2) is 0 Å². The van der Waals surface area contributed by atoms with E-state index in [-0.39, 0.29) is 11.2 Å². The molecule has 82 valence electrons. The molecular formula is C14H14O2. The van der Waals surface area contributed by atoms with Crippen molar-refractivity contribution in [3.8, 4) is 0 Å². The fourth-order valence-corrected chi connectivity index (χ4v) is 3.04. The van der Waals surface area contributed by atoms with Gasteiger partial charge in [-0.1, -0.05) is 24.3 Å². The molecule has 0 N–H and O–H groups in total. The Labute approximate surface area is 94.7 Å². The summed E-state index contributed by atoms with van der Waals surface area (Å²) in [6, 6.07) is 7.87. The number of hydrogen-bond acceptors (Lipinski definition) is 2. The second-order valence-electron chi connectivity index (χ2n) is 4.98. The topological polar surface area (TPSA) is 34.1 Å². The summed E-state index contributed by atoms with van der Waals surface area (Å²) in [7, 11) is 0. The van der Waals surface area contributed by atoms with Crippen LogP contribution in [0.25, 0.3) is 0 Å². The van der Waals surface area contributed by atoms with Crippen LogP contribution in [0, 0.1) is 5.41 Å². The van der Waals surface area contributed by atoms with E-state index < -0.39 is 0 Å². The first-order chi connectivity index (χ1) is 7.71. The van der Waals surface area contributed by atoms with E-state index in [0.717, 1.165) is 24.8 Å². The minimum Gasteiger partial charge on any atom is -0.300 e. The van der Waals surface area contributed by atoms with Crippen molar-refractivity contribution in [2.75, 3.05) is 0 Å². The van der Waals surface area contributed by atoms with E-state index in [4.69, 9.17) is 0 Å². The lowest BCUT2D eigenvalue weighted by Crippen LogP contribution is -2.33. The van der Waals surface area contributed by atoms with E-state index >= 15 is 0 Å². The highest BCUT2D eigenvalue weighted by molar-refractivity contribution is 6.05. The van der Waals surface area contributed by atoms with Crippen molar-refractivity contribution in [2.24, 2.45) is 5.41 Å². The molecule has 0 radical (unpaired) electrons. The molecule has 0 atom stereocenters. The van der Waals surface area contributed by atoms with Gasteiger partial charge >= 0.3 is 0 Å². The number of carbonyl (C=O) groups excluding carboxylic acids is 2. The average Bonchev–Trinajstić information content (AvgIpc) is 2.58. The van der Waals surface area contributed by atoms with Crippen molar-refractivity contribution in [3.63, 3.8) is 0 Å². The number of carbonyl (C=O) groups is 2. The number of hydrogen-bond donors (Lipinski definition) is 0. The molecule has 16 heavy (non-hydrogen) atoms. The van der Waals surface area contributed by atoms with Crippen molar-refractivity contribution in [1.82, 2.24) is 0 Å². The Balaban J connectivity index is 1.97. The molecular weight excluding hydrogens is 200 g/mol. The Kier molecular flexibility index (Phi) is 2.00. The molecule has 2 aliphatic carbocycles. The molecule has 3 rings (SSSR count). The first-order valence-electron chi connectivity index (χ1n) is 5.86. The first kappa shape index (κ1) is 9.76.